The van der Waals surface area contributed by atoms with Gasteiger partial charge in [-0.1, -0.05) is 18.2 Å². The van der Waals surface area contributed by atoms with Crippen LogP contribution >= 0.6 is 0 Å². The molecule has 0 atom stereocenters. The first kappa shape index (κ1) is 9.73. The summed E-state index contributed by atoms with van der Waals surface area (Å²) in [6, 6.07) is 9.99. The monoisotopic (exact) mass is 202 g/mol. The zero-order valence-electron chi connectivity index (χ0n) is 8.43. The van der Waals surface area contributed by atoms with Crippen LogP contribution in [0.2, 0.25) is 0 Å². The van der Waals surface area contributed by atoms with Crippen LogP contribution in [0, 0.1) is 0 Å². The largest absolute Gasteiger partial charge is 0.381 e. The SMILES string of the molecule is NCCNc1cnn(-c2ccccc2)c1. The third-order valence-electron chi connectivity index (χ3n) is 2.08. The Kier molecular flexibility index (Phi) is 2.99. The van der Waals surface area contributed by atoms with Gasteiger partial charge in [-0.05, 0) is 12.1 Å². The summed E-state index contributed by atoms with van der Waals surface area (Å²) >= 11 is 0. The topological polar surface area (TPSA) is 55.9 Å². The van der Waals surface area contributed by atoms with Gasteiger partial charge in [0.2, 0.25) is 0 Å². The van der Waals surface area contributed by atoms with Crippen LogP contribution in [0.25, 0.3) is 5.69 Å². The number of anilines is 1. The van der Waals surface area contributed by atoms with E-state index in [1.807, 2.05) is 41.2 Å². The lowest BCUT2D eigenvalue weighted by Gasteiger charge is -2.00. The van der Waals surface area contributed by atoms with Crippen molar-refractivity contribution >= 4 is 5.69 Å². The number of aromatic nitrogens is 2. The van der Waals surface area contributed by atoms with Crippen molar-refractivity contribution in [2.24, 2.45) is 5.73 Å². The Hall–Kier alpha value is -1.81. The molecule has 0 unspecified atom stereocenters. The summed E-state index contributed by atoms with van der Waals surface area (Å²) in [7, 11) is 0. The first-order chi connectivity index (χ1) is 7.40. The highest BCUT2D eigenvalue weighted by Crippen LogP contribution is 2.10. The number of nitrogens with two attached hydrogens (primary N) is 1. The summed E-state index contributed by atoms with van der Waals surface area (Å²) in [5.74, 6) is 0. The van der Waals surface area contributed by atoms with Crippen molar-refractivity contribution in [2.45, 2.75) is 0 Å². The Balaban J connectivity index is 2.14. The Morgan fingerprint density at radius 2 is 2.07 bits per heavy atom. The second-order valence-corrected chi connectivity index (χ2v) is 3.22. The lowest BCUT2D eigenvalue weighted by molar-refractivity contribution is 0.880. The maximum absolute atomic E-state index is 5.40. The fraction of sp³-hybridized carbons (Fsp3) is 0.182. The molecule has 0 aliphatic rings. The van der Waals surface area contributed by atoms with Crippen molar-refractivity contribution in [2.75, 3.05) is 18.4 Å². The molecule has 0 bridgehead atoms. The molecule has 2 aromatic rings. The van der Waals surface area contributed by atoms with Crippen LogP contribution in [0.4, 0.5) is 5.69 Å². The van der Waals surface area contributed by atoms with E-state index in [9.17, 15) is 0 Å². The first-order valence-electron chi connectivity index (χ1n) is 4.94. The number of benzene rings is 1. The molecular formula is C11H14N4. The van der Waals surface area contributed by atoms with Crippen LogP contribution in [0.1, 0.15) is 0 Å². The Bertz CT molecular complexity index is 408. The molecule has 1 aromatic carbocycles. The summed E-state index contributed by atoms with van der Waals surface area (Å²) < 4.78 is 1.83. The molecule has 4 heteroatoms. The second kappa shape index (κ2) is 4.61. The zero-order valence-corrected chi connectivity index (χ0v) is 8.43. The molecule has 0 saturated carbocycles. The predicted octanol–water partition coefficient (Wildman–Crippen LogP) is 1.24. The average molecular weight is 202 g/mol. The lowest BCUT2D eigenvalue weighted by Crippen LogP contribution is -2.12. The highest BCUT2D eigenvalue weighted by molar-refractivity contribution is 5.42. The molecule has 0 spiro atoms. The molecule has 2 rings (SSSR count). The van der Waals surface area contributed by atoms with Crippen LogP contribution < -0.4 is 11.1 Å². The van der Waals surface area contributed by atoms with Gasteiger partial charge >= 0.3 is 0 Å². The van der Waals surface area contributed by atoms with Gasteiger partial charge in [0.25, 0.3) is 0 Å². The van der Waals surface area contributed by atoms with E-state index in [1.165, 1.54) is 0 Å². The van der Waals surface area contributed by atoms with Gasteiger partial charge in [0.15, 0.2) is 0 Å². The van der Waals surface area contributed by atoms with Gasteiger partial charge in [-0.2, -0.15) is 5.10 Å². The minimum atomic E-state index is 0.622. The predicted molar refractivity (Wildman–Crippen MR) is 61.1 cm³/mol. The maximum Gasteiger partial charge on any atom is 0.0731 e. The van der Waals surface area contributed by atoms with E-state index in [0.29, 0.717) is 6.54 Å². The van der Waals surface area contributed by atoms with E-state index in [2.05, 4.69) is 10.4 Å². The number of nitrogens with one attached hydrogen (secondary N) is 1. The number of hydrogen-bond donors (Lipinski definition) is 2. The van der Waals surface area contributed by atoms with Gasteiger partial charge in [0.05, 0.1) is 23.8 Å². The van der Waals surface area contributed by atoms with Crippen molar-refractivity contribution in [1.29, 1.82) is 0 Å². The van der Waals surface area contributed by atoms with Gasteiger partial charge < -0.3 is 11.1 Å². The molecule has 4 nitrogen and oxygen atoms in total. The third kappa shape index (κ3) is 2.35. The molecule has 1 aromatic heterocycles. The van der Waals surface area contributed by atoms with E-state index in [0.717, 1.165) is 17.9 Å². The van der Waals surface area contributed by atoms with Crippen molar-refractivity contribution < 1.29 is 0 Å². The molecule has 1 heterocycles. The number of hydrogen-bond acceptors (Lipinski definition) is 3. The van der Waals surface area contributed by atoms with Gasteiger partial charge in [-0.15, -0.1) is 0 Å². The molecule has 0 aliphatic heterocycles. The number of rotatable bonds is 4. The summed E-state index contributed by atoms with van der Waals surface area (Å²) in [5, 5.41) is 7.43. The number of para-hydroxylation sites is 1. The Morgan fingerprint density at radius 3 is 2.80 bits per heavy atom. The minimum Gasteiger partial charge on any atom is -0.381 e. The van der Waals surface area contributed by atoms with Crippen LogP contribution in [-0.2, 0) is 0 Å². The fourth-order valence-corrected chi connectivity index (χ4v) is 1.35. The maximum atomic E-state index is 5.40. The fourth-order valence-electron chi connectivity index (χ4n) is 1.35. The second-order valence-electron chi connectivity index (χ2n) is 3.22. The minimum absolute atomic E-state index is 0.622. The van der Waals surface area contributed by atoms with Crippen molar-refractivity contribution in [3.05, 3.63) is 42.7 Å². The van der Waals surface area contributed by atoms with Crippen LogP contribution in [0.3, 0.4) is 0 Å². The number of nitrogens with zero attached hydrogens (tertiary/aromatic N) is 2. The Labute approximate surface area is 88.7 Å². The lowest BCUT2D eigenvalue weighted by atomic mass is 10.3. The van der Waals surface area contributed by atoms with Gasteiger partial charge in [-0.3, -0.25) is 0 Å². The molecule has 0 saturated heterocycles. The molecular weight excluding hydrogens is 188 g/mol. The van der Waals surface area contributed by atoms with Crippen LogP contribution in [-0.4, -0.2) is 22.9 Å². The molecule has 0 radical (unpaired) electrons. The van der Waals surface area contributed by atoms with E-state index in [1.54, 1.807) is 6.20 Å². The molecule has 0 fully saturated rings. The van der Waals surface area contributed by atoms with Crippen LogP contribution in [0.5, 0.6) is 0 Å². The highest BCUT2D eigenvalue weighted by Gasteiger charge is 1.98. The molecule has 0 amide bonds. The van der Waals surface area contributed by atoms with Crippen molar-refractivity contribution in [3.8, 4) is 5.69 Å². The highest BCUT2D eigenvalue weighted by atomic mass is 15.3. The zero-order chi connectivity index (χ0) is 10.5. The van der Waals surface area contributed by atoms with E-state index >= 15 is 0 Å². The first-order valence-corrected chi connectivity index (χ1v) is 4.94. The molecule has 15 heavy (non-hydrogen) atoms. The van der Waals surface area contributed by atoms with E-state index < -0.39 is 0 Å². The standard InChI is InChI=1S/C11H14N4/c12-6-7-13-10-8-14-15(9-10)11-4-2-1-3-5-11/h1-5,8-9,13H,6-7,12H2. The van der Waals surface area contributed by atoms with Gasteiger partial charge in [0, 0.05) is 13.1 Å². The normalized spacial score (nSPS) is 10.2. The molecule has 3 N–H and O–H groups in total. The van der Waals surface area contributed by atoms with Crippen molar-refractivity contribution in [1.82, 2.24) is 9.78 Å². The van der Waals surface area contributed by atoms with Crippen molar-refractivity contribution in [3.63, 3.8) is 0 Å². The van der Waals surface area contributed by atoms with Crippen LogP contribution in [0.15, 0.2) is 42.7 Å². The summed E-state index contributed by atoms with van der Waals surface area (Å²) in [6.45, 7) is 1.39. The molecule has 0 aliphatic carbocycles. The quantitative estimate of drug-likeness (QED) is 0.784. The third-order valence-corrected chi connectivity index (χ3v) is 2.08. The molecule has 78 valence electrons. The van der Waals surface area contributed by atoms with Gasteiger partial charge in [-0.25, -0.2) is 4.68 Å². The summed E-state index contributed by atoms with van der Waals surface area (Å²) in [5.41, 5.74) is 7.45. The average Bonchev–Trinajstić information content (AvgIpc) is 2.76. The van der Waals surface area contributed by atoms with Gasteiger partial charge in [0.1, 0.15) is 0 Å². The van der Waals surface area contributed by atoms with E-state index in [4.69, 9.17) is 5.73 Å². The Morgan fingerprint density at radius 1 is 1.27 bits per heavy atom. The summed E-state index contributed by atoms with van der Waals surface area (Å²) in [6.07, 6.45) is 3.74. The summed E-state index contributed by atoms with van der Waals surface area (Å²) in [4.78, 5) is 0. The smallest absolute Gasteiger partial charge is 0.0731 e. The van der Waals surface area contributed by atoms with E-state index in [-0.39, 0.29) is 0 Å².